The fraction of sp³-hybridized carbons (Fsp3) is 0.562. The molecule has 104 valence electrons. The molecule has 1 N–H and O–H groups in total. The molecule has 0 saturated heterocycles. The molecule has 1 unspecified atom stereocenters. The lowest BCUT2D eigenvalue weighted by atomic mass is 9.88. The van der Waals surface area contributed by atoms with Gasteiger partial charge in [0.15, 0.2) is 0 Å². The summed E-state index contributed by atoms with van der Waals surface area (Å²) in [6.07, 6.45) is 3.36. The van der Waals surface area contributed by atoms with Gasteiger partial charge in [0.05, 0.1) is 11.8 Å². The topological polar surface area (TPSA) is 29.1 Å². The Morgan fingerprint density at radius 1 is 1.37 bits per heavy atom. The molecule has 1 aliphatic rings. The van der Waals surface area contributed by atoms with E-state index in [0.29, 0.717) is 5.75 Å². The number of thioether (sulfide) groups is 1. The van der Waals surface area contributed by atoms with Gasteiger partial charge in [0.1, 0.15) is 0 Å². The van der Waals surface area contributed by atoms with E-state index in [0.717, 1.165) is 19.3 Å². The Morgan fingerprint density at radius 3 is 2.84 bits per heavy atom. The molecule has 2 rings (SSSR count). The molecule has 0 saturated carbocycles. The van der Waals surface area contributed by atoms with E-state index < -0.39 is 0 Å². The van der Waals surface area contributed by atoms with Crippen molar-refractivity contribution < 1.29 is 4.79 Å². The van der Waals surface area contributed by atoms with Crippen LogP contribution in [0.2, 0.25) is 0 Å². The lowest BCUT2D eigenvalue weighted by Gasteiger charge is -2.27. The Kier molecular flexibility index (Phi) is 4.56. The highest BCUT2D eigenvalue weighted by Gasteiger charge is 2.22. The maximum absolute atomic E-state index is 12.0. The molecule has 0 spiro atoms. The van der Waals surface area contributed by atoms with Crippen molar-refractivity contribution in [2.75, 3.05) is 5.75 Å². The van der Waals surface area contributed by atoms with Crippen LogP contribution in [0.3, 0.4) is 0 Å². The van der Waals surface area contributed by atoms with E-state index in [4.69, 9.17) is 0 Å². The second kappa shape index (κ2) is 6.00. The van der Waals surface area contributed by atoms with Crippen molar-refractivity contribution in [2.45, 2.75) is 50.8 Å². The standard InChI is InChI=1S/C16H23NOS/c1-16(2,3)19-11-15(18)17-14-10-6-8-12-7-4-5-9-13(12)14/h4-5,7,9,14H,6,8,10-11H2,1-3H3,(H,17,18). The first-order valence-corrected chi connectivity index (χ1v) is 7.95. The van der Waals surface area contributed by atoms with Gasteiger partial charge in [-0.25, -0.2) is 0 Å². The number of nitrogens with one attached hydrogen (secondary N) is 1. The monoisotopic (exact) mass is 277 g/mol. The number of carbonyl (C=O) groups is 1. The summed E-state index contributed by atoms with van der Waals surface area (Å²) in [5.41, 5.74) is 2.70. The molecular weight excluding hydrogens is 254 g/mol. The van der Waals surface area contributed by atoms with E-state index in [1.54, 1.807) is 11.8 Å². The van der Waals surface area contributed by atoms with Crippen LogP contribution in [0.5, 0.6) is 0 Å². The van der Waals surface area contributed by atoms with Gasteiger partial charge in [-0.1, -0.05) is 45.0 Å². The number of carbonyl (C=O) groups excluding carboxylic acids is 1. The number of benzene rings is 1. The number of aryl methyl sites for hydroxylation is 1. The van der Waals surface area contributed by atoms with Crippen LogP contribution in [0.4, 0.5) is 0 Å². The molecule has 1 aliphatic carbocycles. The summed E-state index contributed by atoms with van der Waals surface area (Å²) in [5, 5.41) is 3.19. The van der Waals surface area contributed by atoms with Gasteiger partial charge >= 0.3 is 0 Å². The summed E-state index contributed by atoms with van der Waals surface area (Å²) in [5.74, 6) is 0.698. The van der Waals surface area contributed by atoms with Gasteiger partial charge in [0.2, 0.25) is 5.91 Å². The summed E-state index contributed by atoms with van der Waals surface area (Å²) < 4.78 is 0.141. The molecule has 19 heavy (non-hydrogen) atoms. The highest BCUT2D eigenvalue weighted by molar-refractivity contribution is 8.01. The first-order chi connectivity index (χ1) is 8.96. The molecule has 0 bridgehead atoms. The molecule has 0 heterocycles. The highest BCUT2D eigenvalue weighted by Crippen LogP contribution is 2.30. The van der Waals surface area contributed by atoms with E-state index in [9.17, 15) is 4.79 Å². The Balaban J connectivity index is 1.95. The lowest BCUT2D eigenvalue weighted by Crippen LogP contribution is -2.33. The molecule has 1 aromatic rings. The third-order valence-corrected chi connectivity index (χ3v) is 4.61. The van der Waals surface area contributed by atoms with Crippen LogP contribution in [0.1, 0.15) is 50.8 Å². The number of hydrogen-bond donors (Lipinski definition) is 1. The zero-order chi connectivity index (χ0) is 13.9. The Labute approximate surface area is 120 Å². The quantitative estimate of drug-likeness (QED) is 0.912. The minimum atomic E-state index is 0.141. The van der Waals surface area contributed by atoms with E-state index in [-0.39, 0.29) is 16.7 Å². The maximum Gasteiger partial charge on any atom is 0.230 e. The summed E-state index contributed by atoms with van der Waals surface area (Å²) in [6.45, 7) is 6.42. The molecule has 0 radical (unpaired) electrons. The number of amides is 1. The average Bonchev–Trinajstić information content (AvgIpc) is 2.36. The molecular formula is C16H23NOS. The van der Waals surface area contributed by atoms with Crippen molar-refractivity contribution in [3.63, 3.8) is 0 Å². The van der Waals surface area contributed by atoms with E-state index in [2.05, 4.69) is 50.4 Å². The molecule has 0 aromatic heterocycles. The Bertz CT molecular complexity index is 450. The average molecular weight is 277 g/mol. The first-order valence-electron chi connectivity index (χ1n) is 6.97. The summed E-state index contributed by atoms with van der Waals surface area (Å²) in [7, 11) is 0. The molecule has 1 amide bonds. The van der Waals surface area contributed by atoms with Gasteiger partial charge in [-0.3, -0.25) is 4.79 Å². The third kappa shape index (κ3) is 4.27. The van der Waals surface area contributed by atoms with Crippen LogP contribution >= 0.6 is 11.8 Å². The minimum absolute atomic E-state index is 0.141. The SMILES string of the molecule is CC(C)(C)SCC(=O)NC1CCCc2ccccc21. The van der Waals surface area contributed by atoms with Crippen LogP contribution in [0.15, 0.2) is 24.3 Å². The van der Waals surface area contributed by atoms with Crippen LogP contribution in [0, 0.1) is 0 Å². The van der Waals surface area contributed by atoms with Gasteiger partial charge in [0.25, 0.3) is 0 Å². The molecule has 1 atom stereocenters. The van der Waals surface area contributed by atoms with Crippen molar-refractivity contribution in [3.8, 4) is 0 Å². The zero-order valence-electron chi connectivity index (χ0n) is 12.0. The van der Waals surface area contributed by atoms with Crippen molar-refractivity contribution in [2.24, 2.45) is 0 Å². The van der Waals surface area contributed by atoms with Crippen molar-refractivity contribution in [1.29, 1.82) is 0 Å². The van der Waals surface area contributed by atoms with Gasteiger partial charge in [0, 0.05) is 4.75 Å². The number of rotatable bonds is 3. The van der Waals surface area contributed by atoms with Crippen molar-refractivity contribution in [3.05, 3.63) is 35.4 Å². The Morgan fingerprint density at radius 2 is 2.11 bits per heavy atom. The van der Waals surface area contributed by atoms with E-state index in [1.807, 2.05) is 0 Å². The lowest BCUT2D eigenvalue weighted by molar-refractivity contribution is -0.119. The fourth-order valence-corrected chi connectivity index (χ4v) is 3.07. The van der Waals surface area contributed by atoms with Crippen molar-refractivity contribution >= 4 is 17.7 Å². The first kappa shape index (κ1) is 14.4. The van der Waals surface area contributed by atoms with E-state index in [1.165, 1.54) is 11.1 Å². The molecule has 2 nitrogen and oxygen atoms in total. The maximum atomic E-state index is 12.0. The highest BCUT2D eigenvalue weighted by atomic mass is 32.2. The molecule has 3 heteroatoms. The van der Waals surface area contributed by atoms with Crippen LogP contribution in [-0.2, 0) is 11.2 Å². The third-order valence-electron chi connectivity index (χ3n) is 3.34. The second-order valence-electron chi connectivity index (χ2n) is 6.11. The fourth-order valence-electron chi connectivity index (χ4n) is 2.42. The summed E-state index contributed by atoms with van der Waals surface area (Å²) in [6, 6.07) is 8.68. The van der Waals surface area contributed by atoms with Crippen LogP contribution in [0.25, 0.3) is 0 Å². The van der Waals surface area contributed by atoms with Gasteiger partial charge in [-0.2, -0.15) is 0 Å². The number of fused-ring (bicyclic) bond motifs is 1. The van der Waals surface area contributed by atoms with Crippen LogP contribution < -0.4 is 5.32 Å². The molecule has 0 aliphatic heterocycles. The molecule has 0 fully saturated rings. The summed E-state index contributed by atoms with van der Waals surface area (Å²) in [4.78, 5) is 12.0. The predicted molar refractivity (Wildman–Crippen MR) is 82.5 cm³/mol. The largest absolute Gasteiger partial charge is 0.349 e. The van der Waals surface area contributed by atoms with Crippen LogP contribution in [-0.4, -0.2) is 16.4 Å². The second-order valence-corrected chi connectivity index (χ2v) is 7.91. The van der Waals surface area contributed by atoms with Crippen molar-refractivity contribution in [1.82, 2.24) is 5.32 Å². The zero-order valence-corrected chi connectivity index (χ0v) is 12.8. The molecule has 1 aromatic carbocycles. The predicted octanol–water partition coefficient (Wildman–Crippen LogP) is 3.71. The van der Waals surface area contributed by atoms with E-state index >= 15 is 0 Å². The minimum Gasteiger partial charge on any atom is -0.349 e. The van der Waals surface area contributed by atoms with Gasteiger partial charge in [-0.05, 0) is 30.4 Å². The number of hydrogen-bond acceptors (Lipinski definition) is 2. The normalized spacial score (nSPS) is 18.8. The smallest absolute Gasteiger partial charge is 0.230 e. The Hall–Kier alpha value is -0.960. The van der Waals surface area contributed by atoms with Gasteiger partial charge in [-0.15, -0.1) is 11.8 Å². The van der Waals surface area contributed by atoms with Gasteiger partial charge < -0.3 is 5.32 Å². The summed E-state index contributed by atoms with van der Waals surface area (Å²) >= 11 is 1.70.